The molecule has 0 radical (unpaired) electrons. The summed E-state index contributed by atoms with van der Waals surface area (Å²) in [5, 5.41) is 11.9. The maximum absolute atomic E-state index is 10.3. The Labute approximate surface area is 166 Å². The van der Waals surface area contributed by atoms with Gasteiger partial charge < -0.3 is 0 Å². The minimum Gasteiger partial charge on any atom is -0.197 e. The number of halogens is 2. The number of hydrogen-bond acceptors (Lipinski definition) is 2. The van der Waals surface area contributed by atoms with Crippen molar-refractivity contribution < 1.29 is 0 Å². The van der Waals surface area contributed by atoms with E-state index in [1.807, 2.05) is 36.4 Å². The highest BCUT2D eigenvalue weighted by molar-refractivity contribution is 8.22. The fourth-order valence-electron chi connectivity index (χ4n) is 3.26. The SMILES string of the molecule is N#CC(CCCCl)(CCCCl)P(=S)(c1ccccc1)c1ccccc1. The minimum atomic E-state index is -2.37. The summed E-state index contributed by atoms with van der Waals surface area (Å²) in [5.74, 6) is 1.06. The van der Waals surface area contributed by atoms with Gasteiger partial charge in [0.25, 0.3) is 0 Å². The number of benzene rings is 2. The molecule has 0 aliphatic carbocycles. The van der Waals surface area contributed by atoms with Crippen LogP contribution in [0.2, 0.25) is 0 Å². The van der Waals surface area contributed by atoms with Gasteiger partial charge in [-0.15, -0.1) is 23.2 Å². The van der Waals surface area contributed by atoms with Gasteiger partial charge in [-0.25, -0.2) is 0 Å². The van der Waals surface area contributed by atoms with Crippen molar-refractivity contribution in [2.45, 2.75) is 30.8 Å². The summed E-state index contributed by atoms with van der Waals surface area (Å²) < 4.78 is 0. The third kappa shape index (κ3) is 4.29. The normalized spacial score (nSPS) is 11.9. The van der Waals surface area contributed by atoms with E-state index in [4.69, 9.17) is 35.0 Å². The fourth-order valence-corrected chi connectivity index (χ4v) is 8.49. The van der Waals surface area contributed by atoms with Gasteiger partial charge >= 0.3 is 0 Å². The Morgan fingerprint density at radius 1 is 0.840 bits per heavy atom. The van der Waals surface area contributed by atoms with E-state index in [2.05, 4.69) is 30.3 Å². The van der Waals surface area contributed by atoms with Gasteiger partial charge in [0.1, 0.15) is 0 Å². The van der Waals surface area contributed by atoms with Crippen molar-refractivity contribution in [2.24, 2.45) is 0 Å². The lowest BCUT2D eigenvalue weighted by Gasteiger charge is -2.39. The summed E-state index contributed by atoms with van der Waals surface area (Å²) in [5.41, 5.74) is 0. The summed E-state index contributed by atoms with van der Waals surface area (Å²) >= 11 is 18.4. The lowest BCUT2D eigenvalue weighted by Crippen LogP contribution is -2.37. The zero-order valence-corrected chi connectivity index (χ0v) is 17.3. The van der Waals surface area contributed by atoms with Crippen LogP contribution in [0.15, 0.2) is 60.7 Å². The van der Waals surface area contributed by atoms with Crippen LogP contribution in [0.1, 0.15) is 25.7 Å². The Morgan fingerprint density at radius 2 is 1.24 bits per heavy atom. The molecule has 2 rings (SSSR count). The largest absolute Gasteiger partial charge is 0.197 e. The van der Waals surface area contributed by atoms with Gasteiger partial charge in [0.05, 0.1) is 11.2 Å². The molecule has 0 N–H and O–H groups in total. The monoisotopic (exact) mass is 409 g/mol. The average molecular weight is 410 g/mol. The molecule has 132 valence electrons. The Morgan fingerprint density at radius 3 is 1.56 bits per heavy atom. The number of nitrogens with zero attached hydrogens (tertiary/aromatic N) is 1. The van der Waals surface area contributed by atoms with Crippen LogP contribution in [0, 0.1) is 11.3 Å². The van der Waals surface area contributed by atoms with Crippen molar-refractivity contribution in [1.29, 1.82) is 5.26 Å². The molecular weight excluding hydrogens is 388 g/mol. The third-order valence-electron chi connectivity index (χ3n) is 4.50. The van der Waals surface area contributed by atoms with Gasteiger partial charge in [-0.3, -0.25) is 0 Å². The van der Waals surface area contributed by atoms with E-state index in [0.717, 1.165) is 23.5 Å². The van der Waals surface area contributed by atoms with Crippen LogP contribution in [-0.2, 0) is 11.8 Å². The number of nitriles is 1. The van der Waals surface area contributed by atoms with Crippen LogP contribution in [0.3, 0.4) is 0 Å². The molecule has 0 spiro atoms. The van der Waals surface area contributed by atoms with Gasteiger partial charge in [-0.05, 0) is 36.3 Å². The van der Waals surface area contributed by atoms with Gasteiger partial charge in [0.2, 0.25) is 0 Å². The van der Waals surface area contributed by atoms with Crippen LogP contribution < -0.4 is 10.6 Å². The maximum atomic E-state index is 10.3. The maximum Gasteiger partial charge on any atom is 0.0937 e. The minimum absolute atomic E-state index is 0.531. The van der Waals surface area contributed by atoms with Crippen molar-refractivity contribution in [3.05, 3.63) is 60.7 Å². The summed E-state index contributed by atoms with van der Waals surface area (Å²) in [6, 6.07) is 20.6. The predicted octanol–water partition coefficient (Wildman–Crippen LogP) is 5.42. The number of rotatable bonds is 9. The predicted molar refractivity (Wildman–Crippen MR) is 115 cm³/mol. The van der Waals surface area contributed by atoms with E-state index < -0.39 is 11.2 Å². The first-order valence-electron chi connectivity index (χ1n) is 8.39. The Hall–Kier alpha value is -0.840. The summed E-state index contributed by atoms with van der Waals surface area (Å²) in [6.07, 6.45) is 2.95. The summed E-state index contributed by atoms with van der Waals surface area (Å²) in [6.45, 7) is 0. The highest BCUT2D eigenvalue weighted by Crippen LogP contribution is 2.60. The molecule has 1 nitrogen and oxygen atoms in total. The molecule has 5 heteroatoms. The fraction of sp³-hybridized carbons (Fsp3) is 0.350. The second-order valence-electron chi connectivity index (χ2n) is 6.01. The third-order valence-corrected chi connectivity index (χ3v) is 11.1. The van der Waals surface area contributed by atoms with Crippen LogP contribution >= 0.6 is 29.2 Å². The number of alkyl halides is 2. The van der Waals surface area contributed by atoms with E-state index in [0.29, 0.717) is 24.6 Å². The van der Waals surface area contributed by atoms with Crippen LogP contribution in [0.25, 0.3) is 0 Å². The quantitative estimate of drug-likeness (QED) is 0.407. The lowest BCUT2D eigenvalue weighted by atomic mass is 9.99. The van der Waals surface area contributed by atoms with E-state index in [-0.39, 0.29) is 0 Å². The second-order valence-corrected chi connectivity index (χ2v) is 11.5. The molecule has 0 unspecified atom stereocenters. The Balaban J connectivity index is 2.70. The molecule has 0 bridgehead atoms. The second kappa shape index (κ2) is 9.75. The zero-order valence-electron chi connectivity index (χ0n) is 14.1. The van der Waals surface area contributed by atoms with E-state index in [1.165, 1.54) is 0 Å². The molecule has 0 heterocycles. The Bertz CT molecular complexity index is 692. The van der Waals surface area contributed by atoms with Crippen molar-refractivity contribution in [3.8, 4) is 6.07 Å². The first-order chi connectivity index (χ1) is 12.1. The molecule has 0 aromatic heterocycles. The van der Waals surface area contributed by atoms with Gasteiger partial charge in [-0.2, -0.15) is 5.26 Å². The average Bonchev–Trinajstić information content (AvgIpc) is 2.69. The highest BCUT2D eigenvalue weighted by atomic mass is 35.5. The molecule has 0 aliphatic heterocycles. The summed E-state index contributed by atoms with van der Waals surface area (Å²) in [7, 11) is 0. The van der Waals surface area contributed by atoms with Crippen LogP contribution in [0.5, 0.6) is 0 Å². The van der Waals surface area contributed by atoms with Crippen LogP contribution in [0.4, 0.5) is 0 Å². The van der Waals surface area contributed by atoms with E-state index in [9.17, 15) is 5.26 Å². The van der Waals surface area contributed by atoms with Crippen LogP contribution in [-0.4, -0.2) is 16.9 Å². The molecule has 0 fully saturated rings. The topological polar surface area (TPSA) is 23.8 Å². The smallest absolute Gasteiger partial charge is 0.0937 e. The van der Waals surface area contributed by atoms with Crippen molar-refractivity contribution in [3.63, 3.8) is 0 Å². The molecule has 0 amide bonds. The van der Waals surface area contributed by atoms with E-state index >= 15 is 0 Å². The first kappa shape index (κ1) is 20.5. The highest BCUT2D eigenvalue weighted by Gasteiger charge is 2.45. The molecule has 2 aromatic rings. The molecule has 2 aromatic carbocycles. The molecule has 0 saturated carbocycles. The number of hydrogen-bond donors (Lipinski definition) is 0. The Kier molecular flexibility index (Phi) is 7.98. The standard InChI is InChI=1S/C20H22Cl2NPS/c21-15-7-13-20(17-23,14-8-16-22)24(25,18-9-3-1-4-10-18)19-11-5-2-6-12-19/h1-6,9-12H,7-8,13-16H2. The summed E-state index contributed by atoms with van der Waals surface area (Å²) in [4.78, 5) is 0. The van der Waals surface area contributed by atoms with Gasteiger partial charge in [0, 0.05) is 17.8 Å². The zero-order chi connectivity index (χ0) is 18.2. The van der Waals surface area contributed by atoms with Gasteiger partial charge in [0.15, 0.2) is 0 Å². The molecule has 0 saturated heterocycles. The van der Waals surface area contributed by atoms with E-state index in [1.54, 1.807) is 0 Å². The molecule has 0 atom stereocenters. The molecule has 25 heavy (non-hydrogen) atoms. The van der Waals surface area contributed by atoms with Crippen molar-refractivity contribution >= 4 is 51.7 Å². The van der Waals surface area contributed by atoms with Gasteiger partial charge in [-0.1, -0.05) is 72.5 Å². The molecule has 0 aliphatic rings. The van der Waals surface area contributed by atoms with Crippen molar-refractivity contribution in [1.82, 2.24) is 0 Å². The molecular formula is C20H22Cl2NPS. The van der Waals surface area contributed by atoms with Crippen molar-refractivity contribution in [2.75, 3.05) is 11.8 Å². The first-order valence-corrected chi connectivity index (χ1v) is 12.3. The lowest BCUT2D eigenvalue weighted by molar-refractivity contribution is 0.581.